The molecule has 162 valence electrons. The molecule has 2 heterocycles. The second-order valence-corrected chi connectivity index (χ2v) is 7.51. The normalized spacial score (nSPS) is 16.5. The number of hydrogen-bond acceptors (Lipinski definition) is 6. The molecule has 0 saturated carbocycles. The van der Waals surface area contributed by atoms with Gasteiger partial charge in [-0.3, -0.25) is 9.69 Å². The van der Waals surface area contributed by atoms with Crippen molar-refractivity contribution in [3.8, 4) is 11.5 Å². The molecule has 1 fully saturated rings. The van der Waals surface area contributed by atoms with Gasteiger partial charge in [0.15, 0.2) is 5.78 Å². The average molecular weight is 415 g/mol. The van der Waals surface area contributed by atoms with Crippen LogP contribution in [0.5, 0.6) is 11.5 Å². The number of nitrogens with one attached hydrogen (secondary N) is 1. The summed E-state index contributed by atoms with van der Waals surface area (Å²) < 4.78 is 16.1. The van der Waals surface area contributed by atoms with Crippen LogP contribution in [-0.4, -0.2) is 55.6 Å². The first-order valence-corrected chi connectivity index (χ1v) is 10.3. The van der Waals surface area contributed by atoms with E-state index in [0.29, 0.717) is 29.1 Å². The second kappa shape index (κ2) is 9.34. The van der Waals surface area contributed by atoms with E-state index in [1.54, 1.807) is 35.0 Å². The molecule has 3 rings (SSSR count). The smallest absolute Gasteiger partial charge is 0.340 e. The molecule has 1 saturated heterocycles. The molecule has 1 N–H and O–H groups in total. The number of ketones is 1. The van der Waals surface area contributed by atoms with Crippen molar-refractivity contribution < 1.29 is 23.8 Å². The lowest BCUT2D eigenvalue weighted by molar-refractivity contribution is 0.0525. The number of benzene rings is 1. The number of ether oxygens (including phenoxy) is 3. The Hall–Kier alpha value is -2.80. The summed E-state index contributed by atoms with van der Waals surface area (Å²) >= 11 is 0. The molecule has 1 unspecified atom stereocenters. The van der Waals surface area contributed by atoms with Crippen LogP contribution in [0.2, 0.25) is 0 Å². The van der Waals surface area contributed by atoms with Crippen LogP contribution in [0.25, 0.3) is 0 Å². The van der Waals surface area contributed by atoms with E-state index in [2.05, 4.69) is 9.88 Å². The molecular weight excluding hydrogens is 384 g/mol. The van der Waals surface area contributed by atoms with Crippen LogP contribution in [0, 0.1) is 13.8 Å². The number of carbonyl (C=O) groups excluding carboxylic acids is 2. The van der Waals surface area contributed by atoms with Gasteiger partial charge in [-0.25, -0.2) is 4.79 Å². The maximum atomic E-state index is 13.1. The van der Waals surface area contributed by atoms with Crippen molar-refractivity contribution >= 4 is 11.8 Å². The van der Waals surface area contributed by atoms with Crippen molar-refractivity contribution in [2.75, 3.05) is 33.9 Å². The number of nitrogens with zero attached hydrogens (tertiary/aromatic N) is 1. The molecule has 1 aromatic heterocycles. The molecule has 0 spiro atoms. The summed E-state index contributed by atoms with van der Waals surface area (Å²) in [4.78, 5) is 30.7. The Balaban J connectivity index is 1.84. The summed E-state index contributed by atoms with van der Waals surface area (Å²) in [5, 5.41) is 0. The van der Waals surface area contributed by atoms with Crippen LogP contribution in [0.1, 0.15) is 63.5 Å². The van der Waals surface area contributed by atoms with Gasteiger partial charge in [-0.05, 0) is 63.9 Å². The number of carbonyl (C=O) groups is 2. The predicted octanol–water partition coefficient (Wildman–Crippen LogP) is 3.85. The lowest BCUT2D eigenvalue weighted by Gasteiger charge is -2.26. The lowest BCUT2D eigenvalue weighted by atomic mass is 10.0. The quantitative estimate of drug-likeness (QED) is 0.522. The van der Waals surface area contributed by atoms with Crippen LogP contribution in [-0.2, 0) is 4.74 Å². The average Bonchev–Trinajstić information content (AvgIpc) is 3.31. The Morgan fingerprint density at radius 3 is 2.63 bits per heavy atom. The van der Waals surface area contributed by atoms with Gasteiger partial charge in [0, 0.05) is 17.3 Å². The monoisotopic (exact) mass is 414 g/mol. The third-order valence-electron chi connectivity index (χ3n) is 5.70. The third kappa shape index (κ3) is 4.21. The minimum atomic E-state index is -0.400. The minimum absolute atomic E-state index is 0.0417. The zero-order valence-corrected chi connectivity index (χ0v) is 18.3. The summed E-state index contributed by atoms with van der Waals surface area (Å²) in [6.07, 6.45) is 1.93. The number of aryl methyl sites for hydroxylation is 1. The van der Waals surface area contributed by atoms with Crippen LogP contribution in [0.3, 0.4) is 0 Å². The Kier molecular flexibility index (Phi) is 6.82. The van der Waals surface area contributed by atoms with Gasteiger partial charge in [0.25, 0.3) is 0 Å². The van der Waals surface area contributed by atoms with Crippen molar-refractivity contribution in [1.82, 2.24) is 9.88 Å². The van der Waals surface area contributed by atoms with E-state index in [1.165, 1.54) is 0 Å². The number of methoxy groups -OCH3 is 2. The Morgan fingerprint density at radius 1 is 1.20 bits per heavy atom. The number of H-pyrrole nitrogens is 1. The van der Waals surface area contributed by atoms with Crippen molar-refractivity contribution in [1.29, 1.82) is 0 Å². The summed E-state index contributed by atoms with van der Waals surface area (Å²) in [5.41, 5.74) is 3.24. The van der Waals surface area contributed by atoms with Gasteiger partial charge in [-0.2, -0.15) is 0 Å². The van der Waals surface area contributed by atoms with Gasteiger partial charge < -0.3 is 19.2 Å². The Bertz CT molecular complexity index is 934. The van der Waals surface area contributed by atoms with Gasteiger partial charge in [0.05, 0.1) is 38.6 Å². The Morgan fingerprint density at radius 2 is 1.97 bits per heavy atom. The summed E-state index contributed by atoms with van der Waals surface area (Å²) in [5.74, 6) is 1.11. The topological polar surface area (TPSA) is 80.9 Å². The first kappa shape index (κ1) is 21.9. The number of hydrogen-bond donors (Lipinski definition) is 1. The molecule has 0 bridgehead atoms. The molecule has 7 nitrogen and oxygen atoms in total. The van der Waals surface area contributed by atoms with Gasteiger partial charge in [0.2, 0.25) is 0 Å². The van der Waals surface area contributed by atoms with Gasteiger partial charge in [0.1, 0.15) is 11.5 Å². The highest BCUT2D eigenvalue weighted by molar-refractivity contribution is 6.02. The SMILES string of the molecule is CCOC(=O)c1c(C)[nH]c(C(=O)CN2CCCC2c2cc(OC)ccc2OC)c1C. The van der Waals surface area contributed by atoms with Crippen LogP contribution >= 0.6 is 0 Å². The highest BCUT2D eigenvalue weighted by Crippen LogP contribution is 2.39. The second-order valence-electron chi connectivity index (χ2n) is 7.51. The molecule has 0 amide bonds. The molecular formula is C23H30N2O5. The lowest BCUT2D eigenvalue weighted by Crippen LogP contribution is -2.30. The third-order valence-corrected chi connectivity index (χ3v) is 5.70. The zero-order chi connectivity index (χ0) is 21.8. The summed E-state index contributed by atoms with van der Waals surface area (Å²) in [6.45, 7) is 6.71. The molecule has 7 heteroatoms. The Labute approximate surface area is 177 Å². The fourth-order valence-electron chi connectivity index (χ4n) is 4.27. The summed E-state index contributed by atoms with van der Waals surface area (Å²) in [6, 6.07) is 5.82. The van der Waals surface area contributed by atoms with Gasteiger partial charge in [-0.1, -0.05) is 0 Å². The number of rotatable bonds is 8. The predicted molar refractivity (Wildman–Crippen MR) is 114 cm³/mol. The number of Topliss-reactive ketones (excluding diaryl/α,β-unsaturated/α-hetero) is 1. The minimum Gasteiger partial charge on any atom is -0.497 e. The molecule has 1 aliphatic rings. The maximum Gasteiger partial charge on any atom is 0.340 e. The van der Waals surface area contributed by atoms with Gasteiger partial charge in [-0.15, -0.1) is 0 Å². The van der Waals surface area contributed by atoms with Crippen molar-refractivity contribution in [3.05, 3.63) is 46.3 Å². The molecule has 1 aliphatic heterocycles. The standard InChI is InChI=1S/C23H30N2O5/c1-6-30-23(27)21-14(2)22(24-15(21)3)19(26)13-25-11-7-8-18(25)17-12-16(28-4)9-10-20(17)29-5/h9-10,12,18,24H,6-8,11,13H2,1-5H3. The van der Waals surface area contributed by atoms with E-state index in [1.807, 2.05) is 18.2 Å². The molecule has 30 heavy (non-hydrogen) atoms. The number of aromatic nitrogens is 1. The van der Waals surface area contributed by atoms with Crippen molar-refractivity contribution in [2.45, 2.75) is 39.7 Å². The fourth-order valence-corrected chi connectivity index (χ4v) is 4.27. The number of esters is 1. The van der Waals surface area contributed by atoms with E-state index in [4.69, 9.17) is 14.2 Å². The van der Waals surface area contributed by atoms with Crippen molar-refractivity contribution in [3.63, 3.8) is 0 Å². The van der Waals surface area contributed by atoms with E-state index in [9.17, 15) is 9.59 Å². The van der Waals surface area contributed by atoms with Crippen LogP contribution in [0.4, 0.5) is 0 Å². The van der Waals surface area contributed by atoms with Crippen LogP contribution < -0.4 is 9.47 Å². The van der Waals surface area contributed by atoms with E-state index in [0.717, 1.165) is 36.4 Å². The number of likely N-dealkylation sites (tertiary alicyclic amines) is 1. The van der Waals surface area contributed by atoms with Gasteiger partial charge >= 0.3 is 5.97 Å². The number of aromatic amines is 1. The van der Waals surface area contributed by atoms with Crippen molar-refractivity contribution in [2.24, 2.45) is 0 Å². The molecule has 1 aromatic carbocycles. The summed E-state index contributed by atoms with van der Waals surface area (Å²) in [7, 11) is 3.29. The van der Waals surface area contributed by atoms with E-state index < -0.39 is 5.97 Å². The molecule has 2 aromatic rings. The maximum absolute atomic E-state index is 13.1. The van der Waals surface area contributed by atoms with E-state index in [-0.39, 0.29) is 18.4 Å². The van der Waals surface area contributed by atoms with Crippen LogP contribution in [0.15, 0.2) is 18.2 Å². The highest BCUT2D eigenvalue weighted by atomic mass is 16.5. The van der Waals surface area contributed by atoms with E-state index >= 15 is 0 Å². The molecule has 0 radical (unpaired) electrons. The molecule has 1 atom stereocenters. The first-order valence-electron chi connectivity index (χ1n) is 10.3. The first-order chi connectivity index (χ1) is 14.4. The highest BCUT2D eigenvalue weighted by Gasteiger charge is 2.32. The zero-order valence-electron chi connectivity index (χ0n) is 18.3. The fraction of sp³-hybridized carbons (Fsp3) is 0.478. The largest absolute Gasteiger partial charge is 0.497 e. The molecule has 0 aliphatic carbocycles.